The first-order chi connectivity index (χ1) is 8.75. The molecule has 0 aliphatic heterocycles. The first-order valence-electron chi connectivity index (χ1n) is 5.74. The predicted molar refractivity (Wildman–Crippen MR) is 74.7 cm³/mol. The lowest BCUT2D eigenvalue weighted by Crippen LogP contribution is -1.93. The molecule has 0 atom stereocenters. The van der Waals surface area contributed by atoms with Crippen LogP contribution in [0.5, 0.6) is 0 Å². The Balaban J connectivity index is 2.29. The molecule has 3 aromatic rings. The van der Waals surface area contributed by atoms with Crippen LogP contribution in [0.3, 0.4) is 0 Å². The third-order valence-corrected chi connectivity index (χ3v) is 3.19. The van der Waals surface area contributed by atoms with E-state index in [2.05, 4.69) is 9.97 Å². The van der Waals surface area contributed by atoms with E-state index in [4.69, 9.17) is 11.6 Å². The number of aromatic nitrogens is 2. The fraction of sp³-hybridized carbons (Fsp3) is 0.0667. The monoisotopic (exact) mass is 254 g/mol. The van der Waals surface area contributed by atoms with E-state index in [9.17, 15) is 0 Å². The summed E-state index contributed by atoms with van der Waals surface area (Å²) in [7, 11) is 0. The van der Waals surface area contributed by atoms with Crippen LogP contribution in [0.1, 0.15) is 5.56 Å². The van der Waals surface area contributed by atoms with E-state index in [0.717, 1.165) is 22.0 Å². The van der Waals surface area contributed by atoms with Gasteiger partial charge in [-0.25, -0.2) is 9.97 Å². The van der Waals surface area contributed by atoms with Crippen LogP contribution in [0.15, 0.2) is 48.5 Å². The van der Waals surface area contributed by atoms with Gasteiger partial charge >= 0.3 is 0 Å². The van der Waals surface area contributed by atoms with Crippen LogP contribution in [0.25, 0.3) is 22.3 Å². The summed E-state index contributed by atoms with van der Waals surface area (Å²) in [5, 5.41) is 1.44. The predicted octanol–water partition coefficient (Wildman–Crippen LogP) is 4.26. The van der Waals surface area contributed by atoms with Crippen molar-refractivity contribution < 1.29 is 0 Å². The maximum absolute atomic E-state index is 6.27. The highest BCUT2D eigenvalue weighted by Gasteiger charge is 2.08. The maximum atomic E-state index is 6.27. The summed E-state index contributed by atoms with van der Waals surface area (Å²) >= 11 is 6.27. The first-order valence-corrected chi connectivity index (χ1v) is 6.12. The van der Waals surface area contributed by atoms with Crippen molar-refractivity contribution in [3.63, 3.8) is 0 Å². The van der Waals surface area contributed by atoms with E-state index < -0.39 is 0 Å². The van der Waals surface area contributed by atoms with E-state index in [1.807, 2.05) is 55.5 Å². The quantitative estimate of drug-likeness (QED) is 0.607. The van der Waals surface area contributed by atoms with Gasteiger partial charge in [0.1, 0.15) is 5.15 Å². The Morgan fingerprint density at radius 3 is 2.44 bits per heavy atom. The van der Waals surface area contributed by atoms with Crippen LogP contribution < -0.4 is 0 Å². The van der Waals surface area contributed by atoms with E-state index in [0.29, 0.717) is 11.0 Å². The second-order valence-electron chi connectivity index (χ2n) is 4.17. The lowest BCUT2D eigenvalue weighted by Gasteiger charge is -2.06. The number of nitrogens with zero attached hydrogens (tertiary/aromatic N) is 2. The van der Waals surface area contributed by atoms with Crippen molar-refractivity contribution in [3.8, 4) is 11.4 Å². The number of benzene rings is 2. The first kappa shape index (κ1) is 11.2. The van der Waals surface area contributed by atoms with E-state index >= 15 is 0 Å². The molecular formula is C15H11ClN2. The molecule has 0 aliphatic rings. The number of hydrogen-bond donors (Lipinski definition) is 0. The van der Waals surface area contributed by atoms with Crippen molar-refractivity contribution in [2.24, 2.45) is 0 Å². The molecule has 0 unspecified atom stereocenters. The van der Waals surface area contributed by atoms with Gasteiger partial charge in [-0.3, -0.25) is 0 Å². The average molecular weight is 255 g/mol. The number of halogens is 1. The zero-order valence-electron chi connectivity index (χ0n) is 9.89. The van der Waals surface area contributed by atoms with Crippen LogP contribution in [0, 0.1) is 6.92 Å². The Kier molecular flexibility index (Phi) is 2.73. The summed E-state index contributed by atoms with van der Waals surface area (Å²) in [4.78, 5) is 8.96. The molecule has 0 spiro atoms. The van der Waals surface area contributed by atoms with Gasteiger partial charge in [-0.15, -0.1) is 0 Å². The molecule has 0 radical (unpaired) electrons. The van der Waals surface area contributed by atoms with Gasteiger partial charge in [0.2, 0.25) is 0 Å². The third-order valence-electron chi connectivity index (χ3n) is 2.92. The van der Waals surface area contributed by atoms with E-state index in [1.54, 1.807) is 0 Å². The average Bonchev–Trinajstić information content (AvgIpc) is 2.39. The number of aryl methyl sites for hydroxylation is 1. The summed E-state index contributed by atoms with van der Waals surface area (Å²) in [6, 6.07) is 15.8. The Morgan fingerprint density at radius 2 is 1.67 bits per heavy atom. The molecule has 3 heteroatoms. The third kappa shape index (κ3) is 1.85. The minimum absolute atomic E-state index is 0.511. The lowest BCUT2D eigenvalue weighted by molar-refractivity contribution is 1.22. The molecule has 3 rings (SSSR count). The van der Waals surface area contributed by atoms with Crippen LogP contribution in [0.4, 0.5) is 0 Å². The Morgan fingerprint density at radius 1 is 0.889 bits per heavy atom. The SMILES string of the molecule is Cc1cccc2nc(-c3ccccc3)nc(Cl)c12. The highest BCUT2D eigenvalue weighted by Crippen LogP contribution is 2.26. The molecule has 2 aromatic carbocycles. The Hall–Kier alpha value is -1.93. The van der Waals surface area contributed by atoms with Gasteiger partial charge in [0.25, 0.3) is 0 Å². The molecule has 0 bridgehead atoms. The van der Waals surface area contributed by atoms with Crippen LogP contribution in [-0.4, -0.2) is 9.97 Å². The summed E-state index contributed by atoms with van der Waals surface area (Å²) in [5.74, 6) is 0.665. The molecule has 0 amide bonds. The van der Waals surface area contributed by atoms with Gasteiger partial charge < -0.3 is 0 Å². The molecule has 1 heterocycles. The highest BCUT2D eigenvalue weighted by atomic mass is 35.5. The van der Waals surface area contributed by atoms with Gasteiger partial charge in [-0.05, 0) is 18.6 Å². The smallest absolute Gasteiger partial charge is 0.161 e. The summed E-state index contributed by atoms with van der Waals surface area (Å²) in [5.41, 5.74) is 2.95. The summed E-state index contributed by atoms with van der Waals surface area (Å²) in [6.07, 6.45) is 0. The van der Waals surface area contributed by atoms with Crippen molar-refractivity contribution in [2.45, 2.75) is 6.92 Å². The molecule has 2 nitrogen and oxygen atoms in total. The molecule has 0 saturated carbocycles. The maximum Gasteiger partial charge on any atom is 0.161 e. The van der Waals surface area contributed by atoms with Gasteiger partial charge in [0.15, 0.2) is 5.82 Å². The van der Waals surface area contributed by atoms with Crippen molar-refractivity contribution in [3.05, 3.63) is 59.2 Å². The second kappa shape index (κ2) is 4.39. The van der Waals surface area contributed by atoms with Crippen LogP contribution in [-0.2, 0) is 0 Å². The van der Waals surface area contributed by atoms with Crippen molar-refractivity contribution in [1.29, 1.82) is 0 Å². The van der Waals surface area contributed by atoms with E-state index in [1.165, 1.54) is 0 Å². The molecular weight excluding hydrogens is 244 g/mol. The number of hydrogen-bond acceptors (Lipinski definition) is 2. The molecule has 0 N–H and O–H groups in total. The second-order valence-corrected chi connectivity index (χ2v) is 4.53. The van der Waals surface area contributed by atoms with Crippen molar-refractivity contribution in [1.82, 2.24) is 9.97 Å². The van der Waals surface area contributed by atoms with Gasteiger partial charge in [0.05, 0.1) is 5.52 Å². The van der Waals surface area contributed by atoms with Crippen molar-refractivity contribution >= 4 is 22.5 Å². The van der Waals surface area contributed by atoms with Crippen LogP contribution >= 0.6 is 11.6 Å². The zero-order valence-corrected chi connectivity index (χ0v) is 10.6. The summed E-state index contributed by atoms with van der Waals surface area (Å²) < 4.78 is 0. The largest absolute Gasteiger partial charge is 0.228 e. The minimum atomic E-state index is 0.511. The minimum Gasteiger partial charge on any atom is -0.228 e. The topological polar surface area (TPSA) is 25.8 Å². The van der Waals surface area contributed by atoms with Gasteiger partial charge in [-0.1, -0.05) is 54.1 Å². The van der Waals surface area contributed by atoms with Crippen LogP contribution in [0.2, 0.25) is 5.15 Å². The normalized spacial score (nSPS) is 10.8. The van der Waals surface area contributed by atoms with E-state index in [-0.39, 0.29) is 0 Å². The van der Waals surface area contributed by atoms with Gasteiger partial charge in [0, 0.05) is 10.9 Å². The summed E-state index contributed by atoms with van der Waals surface area (Å²) in [6.45, 7) is 2.01. The lowest BCUT2D eigenvalue weighted by atomic mass is 10.1. The standard InChI is InChI=1S/C15H11ClN2/c1-10-6-5-9-12-13(10)14(16)18-15(17-12)11-7-3-2-4-8-11/h2-9H,1H3. The molecule has 0 saturated heterocycles. The molecule has 0 fully saturated rings. The number of rotatable bonds is 1. The van der Waals surface area contributed by atoms with Gasteiger partial charge in [-0.2, -0.15) is 0 Å². The van der Waals surface area contributed by atoms with Crippen molar-refractivity contribution in [2.75, 3.05) is 0 Å². The number of fused-ring (bicyclic) bond motifs is 1. The fourth-order valence-corrected chi connectivity index (χ4v) is 2.34. The zero-order chi connectivity index (χ0) is 12.5. The molecule has 88 valence electrons. The molecule has 18 heavy (non-hydrogen) atoms. The Labute approximate surface area is 110 Å². The fourth-order valence-electron chi connectivity index (χ4n) is 2.02. The molecule has 1 aromatic heterocycles. The highest BCUT2D eigenvalue weighted by molar-refractivity contribution is 6.34. The Bertz CT molecular complexity index is 708. The molecule has 0 aliphatic carbocycles.